The Morgan fingerprint density at radius 2 is 1.22 bits per heavy atom. The molecule has 0 saturated heterocycles. The van der Waals surface area contributed by atoms with Crippen LogP contribution in [0.15, 0.2) is 36.4 Å². The Hall–Kier alpha value is -1.56. The summed E-state index contributed by atoms with van der Waals surface area (Å²) in [6, 6.07) is 13.6. The van der Waals surface area contributed by atoms with Gasteiger partial charge in [-0.05, 0) is 62.8 Å². The van der Waals surface area contributed by atoms with Gasteiger partial charge in [-0.25, -0.2) is 0 Å². The number of hydrogen-bond donors (Lipinski definition) is 0. The van der Waals surface area contributed by atoms with E-state index in [1.165, 1.54) is 33.4 Å². The SMILES string of the molecule is Cc1cc(C)cc(CCc2ccc(C)c(C)c2)c1. The van der Waals surface area contributed by atoms with Crippen LogP contribution < -0.4 is 0 Å². The summed E-state index contributed by atoms with van der Waals surface area (Å²) in [5, 5.41) is 0. The highest BCUT2D eigenvalue weighted by molar-refractivity contribution is 5.32. The van der Waals surface area contributed by atoms with Crippen molar-refractivity contribution in [2.45, 2.75) is 40.5 Å². The summed E-state index contributed by atoms with van der Waals surface area (Å²) in [7, 11) is 0. The predicted octanol–water partition coefficient (Wildman–Crippen LogP) is 4.71. The molecule has 2 aromatic rings. The van der Waals surface area contributed by atoms with E-state index in [4.69, 9.17) is 0 Å². The molecule has 0 bridgehead atoms. The first kappa shape index (κ1) is 12.9. The molecular formula is C18H22. The van der Waals surface area contributed by atoms with Crippen LogP contribution in [0, 0.1) is 27.7 Å². The van der Waals surface area contributed by atoms with Crippen molar-refractivity contribution in [3.8, 4) is 0 Å². The molecular weight excluding hydrogens is 216 g/mol. The zero-order chi connectivity index (χ0) is 13.1. The second-order valence-electron chi connectivity index (χ2n) is 5.41. The van der Waals surface area contributed by atoms with Crippen molar-refractivity contribution in [3.63, 3.8) is 0 Å². The standard InChI is InChI=1S/C18H22/c1-13-9-14(2)11-18(10-13)8-7-17-6-5-15(3)16(4)12-17/h5-6,9-12H,7-8H2,1-4H3. The van der Waals surface area contributed by atoms with Gasteiger partial charge in [-0.2, -0.15) is 0 Å². The van der Waals surface area contributed by atoms with Crippen LogP contribution in [0.2, 0.25) is 0 Å². The van der Waals surface area contributed by atoms with E-state index in [-0.39, 0.29) is 0 Å². The van der Waals surface area contributed by atoms with Gasteiger partial charge in [0.15, 0.2) is 0 Å². The Balaban J connectivity index is 2.08. The Morgan fingerprint density at radius 1 is 0.611 bits per heavy atom. The second-order valence-corrected chi connectivity index (χ2v) is 5.41. The first-order chi connectivity index (χ1) is 8.54. The van der Waals surface area contributed by atoms with Gasteiger partial charge in [-0.3, -0.25) is 0 Å². The molecule has 0 heteroatoms. The topological polar surface area (TPSA) is 0 Å². The lowest BCUT2D eigenvalue weighted by atomic mass is 9.98. The number of rotatable bonds is 3. The highest BCUT2D eigenvalue weighted by Gasteiger charge is 2.00. The van der Waals surface area contributed by atoms with Crippen LogP contribution in [0.5, 0.6) is 0 Å². The molecule has 0 aliphatic rings. The van der Waals surface area contributed by atoms with Crippen LogP contribution >= 0.6 is 0 Å². The molecule has 0 amide bonds. The normalized spacial score (nSPS) is 10.7. The van der Waals surface area contributed by atoms with E-state index in [0.29, 0.717) is 0 Å². The minimum absolute atomic E-state index is 1.13. The van der Waals surface area contributed by atoms with Crippen LogP contribution in [0.3, 0.4) is 0 Å². The van der Waals surface area contributed by atoms with Gasteiger partial charge >= 0.3 is 0 Å². The molecule has 0 fully saturated rings. The van der Waals surface area contributed by atoms with Gasteiger partial charge in [-0.1, -0.05) is 47.5 Å². The number of aryl methyl sites for hydroxylation is 6. The second kappa shape index (κ2) is 5.39. The highest BCUT2D eigenvalue weighted by Crippen LogP contribution is 2.14. The molecule has 0 aliphatic heterocycles. The van der Waals surface area contributed by atoms with Gasteiger partial charge in [0.05, 0.1) is 0 Å². The summed E-state index contributed by atoms with van der Waals surface area (Å²) in [5.41, 5.74) is 8.40. The average Bonchev–Trinajstić information content (AvgIpc) is 2.29. The third-order valence-electron chi connectivity index (χ3n) is 3.56. The van der Waals surface area contributed by atoms with Crippen molar-refractivity contribution in [1.29, 1.82) is 0 Å². The molecule has 0 heterocycles. The summed E-state index contributed by atoms with van der Waals surface area (Å²) < 4.78 is 0. The fourth-order valence-corrected chi connectivity index (χ4v) is 2.46. The third kappa shape index (κ3) is 3.22. The lowest BCUT2D eigenvalue weighted by Crippen LogP contribution is -1.94. The Bertz CT molecular complexity index is 530. The van der Waals surface area contributed by atoms with E-state index in [9.17, 15) is 0 Å². The van der Waals surface area contributed by atoms with Gasteiger partial charge in [0.25, 0.3) is 0 Å². The van der Waals surface area contributed by atoms with E-state index in [0.717, 1.165) is 12.8 Å². The van der Waals surface area contributed by atoms with E-state index in [1.54, 1.807) is 0 Å². The molecule has 0 nitrogen and oxygen atoms in total. The Kier molecular flexibility index (Phi) is 3.86. The molecule has 2 aromatic carbocycles. The lowest BCUT2D eigenvalue weighted by Gasteiger charge is -2.07. The number of hydrogen-bond acceptors (Lipinski definition) is 0. The molecule has 0 N–H and O–H groups in total. The fourth-order valence-electron chi connectivity index (χ4n) is 2.46. The highest BCUT2D eigenvalue weighted by atomic mass is 14.1. The summed E-state index contributed by atoms with van der Waals surface area (Å²) >= 11 is 0. The van der Waals surface area contributed by atoms with Crippen molar-refractivity contribution in [3.05, 3.63) is 69.8 Å². The lowest BCUT2D eigenvalue weighted by molar-refractivity contribution is 0.952. The van der Waals surface area contributed by atoms with Crippen molar-refractivity contribution < 1.29 is 0 Å². The maximum Gasteiger partial charge on any atom is -0.0238 e. The van der Waals surface area contributed by atoms with Gasteiger partial charge < -0.3 is 0 Å². The Morgan fingerprint density at radius 3 is 1.83 bits per heavy atom. The zero-order valence-electron chi connectivity index (χ0n) is 11.9. The quantitative estimate of drug-likeness (QED) is 0.726. The van der Waals surface area contributed by atoms with E-state index in [2.05, 4.69) is 64.1 Å². The maximum absolute atomic E-state index is 2.32. The van der Waals surface area contributed by atoms with E-state index in [1.807, 2.05) is 0 Å². The molecule has 0 spiro atoms. The maximum atomic E-state index is 2.32. The fraction of sp³-hybridized carbons (Fsp3) is 0.333. The van der Waals surface area contributed by atoms with Gasteiger partial charge in [0, 0.05) is 0 Å². The minimum atomic E-state index is 1.13. The number of benzene rings is 2. The molecule has 0 atom stereocenters. The van der Waals surface area contributed by atoms with Crippen LogP contribution in [0.1, 0.15) is 33.4 Å². The average molecular weight is 238 g/mol. The summed E-state index contributed by atoms with van der Waals surface area (Å²) in [6.07, 6.45) is 2.26. The van der Waals surface area contributed by atoms with Gasteiger partial charge in [0.1, 0.15) is 0 Å². The molecule has 0 aliphatic carbocycles. The first-order valence-corrected chi connectivity index (χ1v) is 6.68. The molecule has 18 heavy (non-hydrogen) atoms. The van der Waals surface area contributed by atoms with Crippen molar-refractivity contribution in [2.75, 3.05) is 0 Å². The zero-order valence-corrected chi connectivity index (χ0v) is 11.9. The van der Waals surface area contributed by atoms with Crippen molar-refractivity contribution in [2.24, 2.45) is 0 Å². The van der Waals surface area contributed by atoms with Crippen LogP contribution in [0.25, 0.3) is 0 Å². The minimum Gasteiger partial charge on any atom is -0.0588 e. The van der Waals surface area contributed by atoms with E-state index >= 15 is 0 Å². The van der Waals surface area contributed by atoms with Crippen LogP contribution in [-0.4, -0.2) is 0 Å². The Labute approximate surface area is 111 Å². The monoisotopic (exact) mass is 238 g/mol. The van der Waals surface area contributed by atoms with Gasteiger partial charge in [0.2, 0.25) is 0 Å². The van der Waals surface area contributed by atoms with Crippen LogP contribution in [-0.2, 0) is 12.8 Å². The largest absolute Gasteiger partial charge is 0.0588 e. The molecule has 0 aromatic heterocycles. The predicted molar refractivity (Wildman–Crippen MR) is 79.2 cm³/mol. The molecule has 2 rings (SSSR count). The van der Waals surface area contributed by atoms with E-state index < -0.39 is 0 Å². The summed E-state index contributed by atoms with van der Waals surface area (Å²) in [4.78, 5) is 0. The molecule has 0 saturated carbocycles. The molecule has 0 unspecified atom stereocenters. The van der Waals surface area contributed by atoms with Crippen molar-refractivity contribution in [1.82, 2.24) is 0 Å². The third-order valence-corrected chi connectivity index (χ3v) is 3.56. The van der Waals surface area contributed by atoms with Crippen molar-refractivity contribution >= 4 is 0 Å². The smallest absolute Gasteiger partial charge is 0.0238 e. The van der Waals surface area contributed by atoms with Crippen LogP contribution in [0.4, 0.5) is 0 Å². The molecule has 94 valence electrons. The summed E-state index contributed by atoms with van der Waals surface area (Å²) in [6.45, 7) is 8.71. The van der Waals surface area contributed by atoms with Gasteiger partial charge in [-0.15, -0.1) is 0 Å². The summed E-state index contributed by atoms with van der Waals surface area (Å²) in [5.74, 6) is 0. The first-order valence-electron chi connectivity index (χ1n) is 6.68. The molecule has 0 radical (unpaired) electrons.